The number of hydrogen-bond donors (Lipinski definition) is 1. The summed E-state index contributed by atoms with van der Waals surface area (Å²) in [4.78, 5) is 26.4. The van der Waals surface area contributed by atoms with E-state index >= 15 is 0 Å². The monoisotopic (exact) mass is 380 g/mol. The summed E-state index contributed by atoms with van der Waals surface area (Å²) < 4.78 is 16.7. The molecule has 2 aliphatic rings. The molecule has 0 fully saturated rings. The molecule has 0 unspecified atom stereocenters. The van der Waals surface area contributed by atoms with Crippen molar-refractivity contribution in [3.8, 4) is 11.5 Å². The van der Waals surface area contributed by atoms with E-state index in [2.05, 4.69) is 0 Å². The molecule has 2 atom stereocenters. The molecule has 0 bridgehead atoms. The lowest BCUT2D eigenvalue weighted by Gasteiger charge is -2.29. The van der Waals surface area contributed by atoms with E-state index in [9.17, 15) is 14.7 Å². The van der Waals surface area contributed by atoms with Gasteiger partial charge in [0.05, 0.1) is 37.2 Å². The van der Waals surface area contributed by atoms with Crippen LogP contribution >= 0.6 is 0 Å². The number of hydrogen-bond acceptors (Lipinski definition) is 6. The largest absolute Gasteiger partial charge is 0.496 e. The normalized spacial score (nSPS) is 20.6. The number of ketones is 2. The number of carbonyl (C=O) groups is 2. The Balaban J connectivity index is 1.89. The number of carbonyl (C=O) groups excluding carboxylic acids is 2. The van der Waals surface area contributed by atoms with Crippen LogP contribution in [0.5, 0.6) is 11.5 Å². The van der Waals surface area contributed by atoms with E-state index in [0.717, 1.165) is 0 Å². The maximum Gasteiger partial charge on any atom is 0.198 e. The highest BCUT2D eigenvalue weighted by Gasteiger charge is 2.37. The lowest BCUT2D eigenvalue weighted by molar-refractivity contribution is 0.0431. The second kappa shape index (κ2) is 6.80. The number of aliphatic hydroxyl groups is 1. The van der Waals surface area contributed by atoms with Gasteiger partial charge in [0.25, 0.3) is 0 Å². The Hall–Kier alpha value is -3.12. The molecule has 2 aromatic rings. The fourth-order valence-corrected chi connectivity index (χ4v) is 3.94. The third kappa shape index (κ3) is 2.68. The van der Waals surface area contributed by atoms with Gasteiger partial charge in [-0.1, -0.05) is 18.2 Å². The first-order chi connectivity index (χ1) is 13.5. The molecule has 144 valence electrons. The number of aliphatic hydroxyl groups excluding tert-OH is 1. The number of rotatable bonds is 3. The molecule has 0 spiro atoms. The van der Waals surface area contributed by atoms with Gasteiger partial charge >= 0.3 is 0 Å². The minimum absolute atomic E-state index is 0.219. The Morgan fingerprint density at radius 3 is 2.39 bits per heavy atom. The third-order valence-corrected chi connectivity index (χ3v) is 5.14. The van der Waals surface area contributed by atoms with Crippen LogP contribution in [0.25, 0.3) is 0 Å². The summed E-state index contributed by atoms with van der Waals surface area (Å²) >= 11 is 0. The molecule has 1 heterocycles. The molecule has 1 aliphatic carbocycles. The topological polar surface area (TPSA) is 82.1 Å². The van der Waals surface area contributed by atoms with Gasteiger partial charge < -0.3 is 19.3 Å². The Morgan fingerprint density at radius 2 is 1.71 bits per heavy atom. The fourth-order valence-electron chi connectivity index (χ4n) is 3.94. The van der Waals surface area contributed by atoms with Gasteiger partial charge in [-0.3, -0.25) is 9.59 Å². The van der Waals surface area contributed by atoms with E-state index in [1.54, 1.807) is 43.3 Å². The summed E-state index contributed by atoms with van der Waals surface area (Å²) in [6, 6.07) is 8.29. The van der Waals surface area contributed by atoms with Crippen LogP contribution in [0.1, 0.15) is 56.9 Å². The molecule has 0 amide bonds. The van der Waals surface area contributed by atoms with Gasteiger partial charge in [-0.05, 0) is 25.1 Å². The standard InChI is InChI=1S/C22H20O6/c1-11-9-12(23)10-17(28-11)13-7-8-15-19(22(13)27-3)21(25)14-5-4-6-16(26-2)18(14)20(15)24/h4-9,12,17,23H,10H2,1-3H3/t12-,17+/m0/s1. The van der Waals surface area contributed by atoms with E-state index in [1.165, 1.54) is 14.2 Å². The van der Waals surface area contributed by atoms with Gasteiger partial charge in [0, 0.05) is 23.1 Å². The van der Waals surface area contributed by atoms with Gasteiger partial charge in [-0.25, -0.2) is 0 Å². The quantitative estimate of drug-likeness (QED) is 0.751. The van der Waals surface area contributed by atoms with Gasteiger partial charge in [-0.2, -0.15) is 0 Å². The van der Waals surface area contributed by atoms with Crippen molar-refractivity contribution >= 4 is 11.6 Å². The van der Waals surface area contributed by atoms with E-state index in [-0.39, 0.29) is 33.8 Å². The molecule has 2 aromatic carbocycles. The van der Waals surface area contributed by atoms with Crippen molar-refractivity contribution in [1.82, 2.24) is 0 Å². The molecular formula is C22H20O6. The summed E-state index contributed by atoms with van der Waals surface area (Å²) in [5, 5.41) is 10.1. The average Bonchev–Trinajstić information content (AvgIpc) is 2.69. The van der Waals surface area contributed by atoms with E-state index in [4.69, 9.17) is 14.2 Å². The van der Waals surface area contributed by atoms with E-state index in [1.807, 2.05) is 0 Å². The molecule has 4 rings (SSSR count). The highest BCUT2D eigenvalue weighted by molar-refractivity contribution is 6.30. The molecule has 0 aromatic heterocycles. The first kappa shape index (κ1) is 18.3. The van der Waals surface area contributed by atoms with Crippen LogP contribution in [0.2, 0.25) is 0 Å². The molecular weight excluding hydrogens is 360 g/mol. The second-order valence-electron chi connectivity index (χ2n) is 6.84. The second-order valence-corrected chi connectivity index (χ2v) is 6.84. The number of benzene rings is 2. The lowest BCUT2D eigenvalue weighted by Crippen LogP contribution is -2.24. The zero-order chi connectivity index (χ0) is 20.0. The first-order valence-electron chi connectivity index (χ1n) is 8.96. The Bertz CT molecular complexity index is 1020. The Labute approximate surface area is 162 Å². The van der Waals surface area contributed by atoms with Crippen molar-refractivity contribution in [2.24, 2.45) is 0 Å². The van der Waals surface area contributed by atoms with Crippen LogP contribution in [0.15, 0.2) is 42.2 Å². The van der Waals surface area contributed by atoms with Gasteiger partial charge in [0.2, 0.25) is 0 Å². The van der Waals surface area contributed by atoms with Crippen LogP contribution < -0.4 is 9.47 Å². The van der Waals surface area contributed by atoms with Crippen molar-refractivity contribution in [2.75, 3.05) is 14.2 Å². The molecule has 0 saturated carbocycles. The number of fused-ring (bicyclic) bond motifs is 2. The number of allylic oxidation sites excluding steroid dienone is 1. The Morgan fingerprint density at radius 1 is 1.00 bits per heavy atom. The minimum atomic E-state index is -0.651. The summed E-state index contributed by atoms with van der Waals surface area (Å²) in [5.74, 6) is 0.680. The molecule has 0 radical (unpaired) electrons. The number of ether oxygens (including phenoxy) is 3. The molecule has 1 aliphatic heterocycles. The highest BCUT2D eigenvalue weighted by Crippen LogP contribution is 2.43. The maximum atomic E-state index is 13.3. The van der Waals surface area contributed by atoms with Crippen molar-refractivity contribution in [2.45, 2.75) is 25.6 Å². The summed E-state index contributed by atoms with van der Waals surface area (Å²) in [6.45, 7) is 1.76. The zero-order valence-corrected chi connectivity index (χ0v) is 15.8. The fraction of sp³-hybridized carbons (Fsp3) is 0.273. The molecule has 1 N–H and O–H groups in total. The van der Waals surface area contributed by atoms with Crippen LogP contribution in [0.4, 0.5) is 0 Å². The van der Waals surface area contributed by atoms with E-state index < -0.39 is 12.2 Å². The summed E-state index contributed by atoms with van der Waals surface area (Å²) in [5.41, 5.74) is 1.66. The zero-order valence-electron chi connectivity index (χ0n) is 15.8. The van der Waals surface area contributed by atoms with E-state index in [0.29, 0.717) is 29.2 Å². The summed E-state index contributed by atoms with van der Waals surface area (Å²) in [6.07, 6.45) is 0.842. The van der Waals surface area contributed by atoms with Crippen molar-refractivity contribution < 1.29 is 28.9 Å². The van der Waals surface area contributed by atoms with Crippen molar-refractivity contribution in [3.63, 3.8) is 0 Å². The first-order valence-corrected chi connectivity index (χ1v) is 8.96. The smallest absolute Gasteiger partial charge is 0.198 e. The van der Waals surface area contributed by atoms with Gasteiger partial charge in [-0.15, -0.1) is 0 Å². The number of methoxy groups -OCH3 is 2. The predicted octanol–water partition coefficient (Wildman–Crippen LogP) is 3.21. The molecule has 6 heteroatoms. The molecule has 28 heavy (non-hydrogen) atoms. The maximum absolute atomic E-state index is 13.3. The van der Waals surface area contributed by atoms with Gasteiger partial charge in [0.1, 0.15) is 17.6 Å². The lowest BCUT2D eigenvalue weighted by atomic mass is 9.81. The van der Waals surface area contributed by atoms with Gasteiger partial charge in [0.15, 0.2) is 11.6 Å². The highest BCUT2D eigenvalue weighted by atomic mass is 16.5. The molecule has 0 saturated heterocycles. The summed E-state index contributed by atoms with van der Waals surface area (Å²) in [7, 11) is 2.92. The van der Waals surface area contributed by atoms with Crippen molar-refractivity contribution in [3.05, 3.63) is 70.0 Å². The van der Waals surface area contributed by atoms with Crippen LogP contribution in [0, 0.1) is 0 Å². The van der Waals surface area contributed by atoms with Crippen molar-refractivity contribution in [1.29, 1.82) is 0 Å². The minimum Gasteiger partial charge on any atom is -0.496 e. The average molecular weight is 380 g/mol. The van der Waals surface area contributed by atoms with Crippen LogP contribution in [-0.2, 0) is 4.74 Å². The SMILES string of the molecule is COc1cccc2c1C(=O)c1ccc([C@H]3C[C@@H](O)C=C(C)O3)c(OC)c1C2=O. The predicted molar refractivity (Wildman–Crippen MR) is 101 cm³/mol. The third-order valence-electron chi connectivity index (χ3n) is 5.14. The molecule has 6 nitrogen and oxygen atoms in total. The Kier molecular flexibility index (Phi) is 4.43. The van der Waals surface area contributed by atoms with Crippen LogP contribution in [0.3, 0.4) is 0 Å². The van der Waals surface area contributed by atoms with Crippen LogP contribution in [-0.4, -0.2) is 37.0 Å².